The maximum atomic E-state index is 13.4. The third-order valence-corrected chi connectivity index (χ3v) is 1.87. The van der Waals surface area contributed by atoms with E-state index in [-0.39, 0.29) is 12.3 Å². The van der Waals surface area contributed by atoms with E-state index in [1.807, 2.05) is 20.8 Å². The van der Waals surface area contributed by atoms with Crippen LogP contribution in [0, 0.1) is 6.08 Å². The lowest BCUT2D eigenvalue weighted by molar-refractivity contribution is 0.0519. The number of ether oxygens (including phenoxy) is 1. The molecule has 0 aromatic carbocycles. The number of hydrogen-bond acceptors (Lipinski definition) is 3. The van der Waals surface area contributed by atoms with Gasteiger partial charge < -0.3 is 9.30 Å². The molecule has 0 radical (unpaired) electrons. The average Bonchev–Trinajstić information content (AvgIpc) is 2.47. The van der Waals surface area contributed by atoms with E-state index >= 15 is 0 Å². The Balaban J connectivity index is 3.01. The molecule has 1 aromatic heterocycles. The highest BCUT2D eigenvalue weighted by Crippen LogP contribution is 2.17. The second kappa shape index (κ2) is 4.00. The Morgan fingerprint density at radius 2 is 2.20 bits per heavy atom. The highest BCUT2D eigenvalue weighted by Gasteiger charge is 2.22. The van der Waals surface area contributed by atoms with Crippen LogP contribution < -0.4 is 0 Å². The summed E-state index contributed by atoms with van der Waals surface area (Å²) in [6.07, 6.45) is 0.693. The van der Waals surface area contributed by atoms with Crippen LogP contribution >= 0.6 is 0 Å². The zero-order valence-corrected chi connectivity index (χ0v) is 9.37. The summed E-state index contributed by atoms with van der Waals surface area (Å²) in [5, 5.41) is 0. The smallest absolute Gasteiger partial charge is 0.358 e. The number of carbonyl (C=O) groups is 1. The third kappa shape index (κ3) is 2.55. The molecule has 0 unspecified atom stereocenters. The fourth-order valence-electron chi connectivity index (χ4n) is 1.13. The van der Waals surface area contributed by atoms with Gasteiger partial charge >= 0.3 is 5.97 Å². The Morgan fingerprint density at radius 3 is 2.60 bits per heavy atom. The van der Waals surface area contributed by atoms with E-state index in [1.54, 1.807) is 6.92 Å². The SMILES string of the molecule is CCOC(=O)c1cn(C(C)(C)C)c(F)n1. The molecular formula is C10H15FN2O2. The first-order valence-electron chi connectivity index (χ1n) is 4.78. The van der Waals surface area contributed by atoms with Crippen molar-refractivity contribution < 1.29 is 13.9 Å². The fraction of sp³-hybridized carbons (Fsp3) is 0.600. The van der Waals surface area contributed by atoms with Gasteiger partial charge in [-0.1, -0.05) is 0 Å². The van der Waals surface area contributed by atoms with E-state index in [1.165, 1.54) is 10.8 Å². The van der Waals surface area contributed by atoms with Crippen molar-refractivity contribution in [3.8, 4) is 0 Å². The van der Waals surface area contributed by atoms with Crippen molar-refractivity contribution in [1.29, 1.82) is 0 Å². The van der Waals surface area contributed by atoms with Crippen molar-refractivity contribution in [3.63, 3.8) is 0 Å². The summed E-state index contributed by atoms with van der Waals surface area (Å²) >= 11 is 0. The van der Waals surface area contributed by atoms with Gasteiger partial charge in [0, 0.05) is 11.7 Å². The summed E-state index contributed by atoms with van der Waals surface area (Å²) in [5.41, 5.74) is -0.439. The molecule has 0 spiro atoms. The van der Waals surface area contributed by atoms with Crippen LogP contribution in [-0.2, 0) is 10.3 Å². The Labute approximate surface area is 88.1 Å². The molecule has 1 aromatic rings. The van der Waals surface area contributed by atoms with E-state index in [0.717, 1.165) is 0 Å². The minimum Gasteiger partial charge on any atom is -0.461 e. The molecule has 5 heteroatoms. The summed E-state index contributed by atoms with van der Waals surface area (Å²) < 4.78 is 19.4. The molecule has 0 N–H and O–H groups in total. The van der Waals surface area contributed by atoms with Crippen LogP contribution in [0.25, 0.3) is 0 Å². The lowest BCUT2D eigenvalue weighted by Crippen LogP contribution is -2.22. The molecule has 0 atom stereocenters. The molecule has 0 saturated carbocycles. The van der Waals surface area contributed by atoms with Crippen LogP contribution in [0.15, 0.2) is 6.20 Å². The van der Waals surface area contributed by atoms with E-state index in [0.29, 0.717) is 0 Å². The second-order valence-corrected chi connectivity index (χ2v) is 4.16. The molecule has 15 heavy (non-hydrogen) atoms. The number of halogens is 1. The summed E-state index contributed by atoms with van der Waals surface area (Å²) in [6, 6.07) is 0. The lowest BCUT2D eigenvalue weighted by Gasteiger charge is -2.20. The van der Waals surface area contributed by atoms with Gasteiger partial charge in [-0.05, 0) is 27.7 Å². The van der Waals surface area contributed by atoms with Crippen molar-refractivity contribution in [2.45, 2.75) is 33.2 Å². The van der Waals surface area contributed by atoms with Crippen LogP contribution in [0.4, 0.5) is 4.39 Å². The largest absolute Gasteiger partial charge is 0.461 e. The van der Waals surface area contributed by atoms with Gasteiger partial charge in [-0.2, -0.15) is 9.37 Å². The molecule has 0 amide bonds. The van der Waals surface area contributed by atoms with Crippen LogP contribution in [0.3, 0.4) is 0 Å². The highest BCUT2D eigenvalue weighted by atomic mass is 19.1. The first kappa shape index (κ1) is 11.7. The van der Waals surface area contributed by atoms with Crippen molar-refractivity contribution in [2.24, 2.45) is 0 Å². The molecule has 4 nitrogen and oxygen atoms in total. The number of carbonyl (C=O) groups excluding carboxylic acids is 1. The molecular weight excluding hydrogens is 199 g/mol. The van der Waals surface area contributed by atoms with Crippen LogP contribution in [0.1, 0.15) is 38.2 Å². The molecule has 0 saturated heterocycles. The normalized spacial score (nSPS) is 11.5. The van der Waals surface area contributed by atoms with E-state index < -0.39 is 17.6 Å². The van der Waals surface area contributed by atoms with Gasteiger partial charge in [0.1, 0.15) is 0 Å². The Morgan fingerprint density at radius 1 is 1.60 bits per heavy atom. The first-order chi connectivity index (χ1) is 6.86. The molecule has 0 aliphatic rings. The van der Waals surface area contributed by atoms with Crippen molar-refractivity contribution in [3.05, 3.63) is 18.0 Å². The molecule has 1 heterocycles. The van der Waals surface area contributed by atoms with E-state index in [9.17, 15) is 9.18 Å². The van der Waals surface area contributed by atoms with Crippen molar-refractivity contribution in [1.82, 2.24) is 9.55 Å². The molecule has 84 valence electrons. The van der Waals surface area contributed by atoms with Gasteiger partial charge in [0.2, 0.25) is 0 Å². The molecule has 0 fully saturated rings. The number of esters is 1. The summed E-state index contributed by atoms with van der Waals surface area (Å²) in [4.78, 5) is 14.8. The van der Waals surface area contributed by atoms with Crippen molar-refractivity contribution >= 4 is 5.97 Å². The molecule has 0 bridgehead atoms. The number of rotatable bonds is 2. The standard InChI is InChI=1S/C10H15FN2O2/c1-5-15-8(14)7-6-13(9(11)12-7)10(2,3)4/h6H,5H2,1-4H3. The van der Waals surface area contributed by atoms with Gasteiger partial charge in [0.05, 0.1) is 6.61 Å². The Hall–Kier alpha value is -1.39. The number of imidazole rings is 1. The van der Waals surface area contributed by atoms with Gasteiger partial charge in [0.25, 0.3) is 6.08 Å². The highest BCUT2D eigenvalue weighted by molar-refractivity contribution is 5.86. The summed E-state index contributed by atoms with van der Waals surface area (Å²) in [5.74, 6) is -0.598. The van der Waals surface area contributed by atoms with Gasteiger partial charge in [-0.15, -0.1) is 0 Å². The monoisotopic (exact) mass is 214 g/mol. The first-order valence-corrected chi connectivity index (χ1v) is 4.78. The minimum absolute atomic E-state index is 0.00396. The summed E-state index contributed by atoms with van der Waals surface area (Å²) in [6.45, 7) is 7.42. The average molecular weight is 214 g/mol. The minimum atomic E-state index is -0.675. The molecule has 0 aliphatic heterocycles. The number of hydrogen-bond donors (Lipinski definition) is 0. The lowest BCUT2D eigenvalue weighted by atomic mass is 10.1. The third-order valence-electron chi connectivity index (χ3n) is 1.87. The Kier molecular flexibility index (Phi) is 3.12. The van der Waals surface area contributed by atoms with E-state index in [2.05, 4.69) is 4.98 Å². The van der Waals surface area contributed by atoms with E-state index in [4.69, 9.17) is 4.74 Å². The topological polar surface area (TPSA) is 44.1 Å². The van der Waals surface area contributed by atoms with Gasteiger partial charge in [-0.25, -0.2) is 4.79 Å². The van der Waals surface area contributed by atoms with Crippen LogP contribution in [0.2, 0.25) is 0 Å². The van der Waals surface area contributed by atoms with Crippen LogP contribution in [-0.4, -0.2) is 22.1 Å². The summed E-state index contributed by atoms with van der Waals surface area (Å²) in [7, 11) is 0. The zero-order valence-electron chi connectivity index (χ0n) is 9.37. The van der Waals surface area contributed by atoms with Gasteiger partial charge in [0.15, 0.2) is 5.69 Å². The van der Waals surface area contributed by atoms with Crippen LogP contribution in [0.5, 0.6) is 0 Å². The predicted octanol–water partition coefficient (Wildman–Crippen LogP) is 1.95. The predicted molar refractivity (Wildman–Crippen MR) is 53.1 cm³/mol. The maximum Gasteiger partial charge on any atom is 0.358 e. The fourth-order valence-corrected chi connectivity index (χ4v) is 1.13. The van der Waals surface area contributed by atoms with Gasteiger partial charge in [-0.3, -0.25) is 0 Å². The second-order valence-electron chi connectivity index (χ2n) is 4.16. The Bertz CT molecular complexity index is 366. The number of aromatic nitrogens is 2. The van der Waals surface area contributed by atoms with Crippen molar-refractivity contribution in [2.75, 3.05) is 6.61 Å². The molecule has 0 aliphatic carbocycles. The molecule has 1 rings (SSSR count). The quantitative estimate of drug-likeness (QED) is 0.707. The maximum absolute atomic E-state index is 13.4. The number of nitrogens with zero attached hydrogens (tertiary/aromatic N) is 2. The zero-order chi connectivity index (χ0) is 11.6.